The summed E-state index contributed by atoms with van der Waals surface area (Å²) in [4.78, 5) is 0. The van der Waals surface area contributed by atoms with Gasteiger partial charge in [0.1, 0.15) is 5.71 Å². The molecule has 4 nitrogen and oxygen atoms in total. The second-order valence-electron chi connectivity index (χ2n) is 4.33. The van der Waals surface area contributed by atoms with Gasteiger partial charge in [0.15, 0.2) is 0 Å². The van der Waals surface area contributed by atoms with Gasteiger partial charge in [-0.05, 0) is 24.3 Å². The lowest BCUT2D eigenvalue weighted by molar-refractivity contribution is 0.316. The van der Waals surface area contributed by atoms with E-state index in [1.54, 1.807) is 0 Å². The highest BCUT2D eigenvalue weighted by Gasteiger charge is 2.16. The molecule has 0 atom stereocenters. The van der Waals surface area contributed by atoms with Gasteiger partial charge >= 0.3 is 0 Å². The third kappa shape index (κ3) is 2.64. The lowest BCUT2D eigenvalue weighted by Gasteiger charge is -2.09. The second-order valence-corrected chi connectivity index (χ2v) is 4.33. The smallest absolute Gasteiger partial charge is 0.131 e. The summed E-state index contributed by atoms with van der Waals surface area (Å²) in [5.41, 5.74) is 2.34. The first kappa shape index (κ1) is 11.6. The van der Waals surface area contributed by atoms with E-state index in [1.807, 2.05) is 12.1 Å². The summed E-state index contributed by atoms with van der Waals surface area (Å²) in [5, 5.41) is 23.2. The summed E-state index contributed by atoms with van der Waals surface area (Å²) in [6.45, 7) is 0. The van der Waals surface area contributed by atoms with Crippen molar-refractivity contribution in [2.24, 2.45) is 10.3 Å². The molecule has 0 unspecified atom stereocenters. The Morgan fingerprint density at radius 3 is 2.29 bits per heavy atom. The normalized spacial score (nSPS) is 18.0. The number of oxime groups is 2. The van der Waals surface area contributed by atoms with Gasteiger partial charge in [0.2, 0.25) is 0 Å². The Balaban J connectivity index is 2.17. The Kier molecular flexibility index (Phi) is 3.75. The number of hydrogen-bond donors (Lipinski definition) is 2. The van der Waals surface area contributed by atoms with E-state index in [-0.39, 0.29) is 5.71 Å². The van der Waals surface area contributed by atoms with Gasteiger partial charge in [-0.2, -0.15) is 0 Å². The Bertz CT molecular complexity index is 418. The third-order valence-electron chi connectivity index (χ3n) is 3.32. The van der Waals surface area contributed by atoms with Crippen molar-refractivity contribution in [3.8, 4) is 0 Å². The van der Waals surface area contributed by atoms with Crippen LogP contribution in [0.15, 0.2) is 34.6 Å². The highest BCUT2D eigenvalue weighted by molar-refractivity contribution is 6.37. The van der Waals surface area contributed by atoms with Crippen molar-refractivity contribution in [3.63, 3.8) is 0 Å². The van der Waals surface area contributed by atoms with Crippen LogP contribution in [0.2, 0.25) is 0 Å². The highest BCUT2D eigenvalue weighted by atomic mass is 16.4. The lowest BCUT2D eigenvalue weighted by Crippen LogP contribution is -2.03. The van der Waals surface area contributed by atoms with Crippen molar-refractivity contribution in [1.29, 1.82) is 0 Å². The molecule has 0 radical (unpaired) electrons. The van der Waals surface area contributed by atoms with Gasteiger partial charge in [-0.3, -0.25) is 0 Å². The fraction of sp³-hybridized carbons (Fsp3) is 0.385. The maximum Gasteiger partial charge on any atom is 0.131 e. The molecule has 0 bridgehead atoms. The molecule has 17 heavy (non-hydrogen) atoms. The quantitative estimate of drug-likeness (QED) is 0.478. The van der Waals surface area contributed by atoms with Gasteiger partial charge in [-0.15, -0.1) is 0 Å². The minimum Gasteiger partial charge on any atom is -0.411 e. The molecule has 0 aliphatic heterocycles. The van der Waals surface area contributed by atoms with Crippen LogP contribution < -0.4 is 0 Å². The zero-order valence-electron chi connectivity index (χ0n) is 9.58. The van der Waals surface area contributed by atoms with E-state index in [2.05, 4.69) is 22.4 Å². The van der Waals surface area contributed by atoms with E-state index in [0.29, 0.717) is 5.92 Å². The number of nitrogens with zero attached hydrogens (tertiary/aromatic N) is 2. The van der Waals surface area contributed by atoms with Gasteiger partial charge in [0.05, 0.1) is 6.21 Å². The van der Waals surface area contributed by atoms with Crippen LogP contribution >= 0.6 is 0 Å². The molecule has 90 valence electrons. The molecule has 4 heteroatoms. The van der Waals surface area contributed by atoms with Crippen LogP contribution in [0.3, 0.4) is 0 Å². The van der Waals surface area contributed by atoms with Crippen molar-refractivity contribution in [2.45, 2.75) is 31.6 Å². The molecule has 0 saturated heterocycles. The van der Waals surface area contributed by atoms with Crippen LogP contribution in [-0.2, 0) is 0 Å². The van der Waals surface area contributed by atoms with Crippen LogP contribution in [0.25, 0.3) is 0 Å². The summed E-state index contributed by atoms with van der Waals surface area (Å²) >= 11 is 0. The number of benzene rings is 1. The predicted molar refractivity (Wildman–Crippen MR) is 66.3 cm³/mol. The van der Waals surface area contributed by atoms with Gasteiger partial charge in [-0.25, -0.2) is 0 Å². The van der Waals surface area contributed by atoms with E-state index in [1.165, 1.54) is 31.2 Å². The van der Waals surface area contributed by atoms with E-state index in [4.69, 9.17) is 10.4 Å². The molecule has 0 spiro atoms. The largest absolute Gasteiger partial charge is 0.411 e. The first-order chi connectivity index (χ1) is 8.35. The molecule has 1 aliphatic rings. The summed E-state index contributed by atoms with van der Waals surface area (Å²) in [6, 6.07) is 7.90. The fourth-order valence-electron chi connectivity index (χ4n) is 2.40. The van der Waals surface area contributed by atoms with Crippen LogP contribution in [0.1, 0.15) is 42.7 Å². The Morgan fingerprint density at radius 2 is 1.76 bits per heavy atom. The van der Waals surface area contributed by atoms with Gasteiger partial charge in [-0.1, -0.05) is 47.4 Å². The maximum absolute atomic E-state index is 8.78. The van der Waals surface area contributed by atoms with E-state index in [0.717, 1.165) is 11.8 Å². The standard InChI is InChI=1S/C13H16N2O2/c16-14-9-13(15-17)12-7-5-11(6-8-12)10-3-1-2-4-10/h5-10,16-17H,1-4H2/b14-9+,15-13+. The van der Waals surface area contributed by atoms with Crippen molar-refractivity contribution in [2.75, 3.05) is 0 Å². The number of hydrogen-bond acceptors (Lipinski definition) is 4. The first-order valence-corrected chi connectivity index (χ1v) is 5.85. The van der Waals surface area contributed by atoms with Crippen molar-refractivity contribution >= 4 is 11.9 Å². The zero-order valence-corrected chi connectivity index (χ0v) is 9.58. The average molecular weight is 232 g/mol. The fourth-order valence-corrected chi connectivity index (χ4v) is 2.40. The number of rotatable bonds is 3. The maximum atomic E-state index is 8.78. The zero-order chi connectivity index (χ0) is 12.1. The Labute approximate surface area is 100 Å². The molecule has 0 aromatic heterocycles. The minimum absolute atomic E-state index is 0.255. The molecule has 1 aromatic rings. The predicted octanol–water partition coefficient (Wildman–Crippen LogP) is 2.98. The summed E-state index contributed by atoms with van der Waals surface area (Å²) in [5.74, 6) is 0.671. The van der Waals surface area contributed by atoms with Crippen LogP contribution in [-0.4, -0.2) is 22.3 Å². The molecule has 1 aromatic carbocycles. The molecule has 2 rings (SSSR count). The molecular formula is C13H16N2O2. The Morgan fingerprint density at radius 1 is 1.12 bits per heavy atom. The average Bonchev–Trinajstić information content (AvgIpc) is 2.90. The molecule has 0 amide bonds. The van der Waals surface area contributed by atoms with E-state index in [9.17, 15) is 0 Å². The summed E-state index contributed by atoms with van der Waals surface area (Å²) < 4.78 is 0. The van der Waals surface area contributed by atoms with Gasteiger partial charge < -0.3 is 10.4 Å². The summed E-state index contributed by atoms with van der Waals surface area (Å²) in [7, 11) is 0. The topological polar surface area (TPSA) is 65.2 Å². The van der Waals surface area contributed by atoms with Crippen LogP contribution in [0, 0.1) is 0 Å². The van der Waals surface area contributed by atoms with Crippen LogP contribution in [0.5, 0.6) is 0 Å². The minimum atomic E-state index is 0.255. The lowest BCUT2D eigenvalue weighted by atomic mass is 9.96. The highest BCUT2D eigenvalue weighted by Crippen LogP contribution is 2.33. The molecule has 0 heterocycles. The SMILES string of the molecule is O/N=C(\C=N\O)c1ccc(C2CCCC2)cc1. The second kappa shape index (κ2) is 5.48. The van der Waals surface area contributed by atoms with E-state index < -0.39 is 0 Å². The monoisotopic (exact) mass is 232 g/mol. The Hall–Kier alpha value is -1.84. The van der Waals surface area contributed by atoms with Crippen molar-refractivity contribution in [1.82, 2.24) is 0 Å². The first-order valence-electron chi connectivity index (χ1n) is 5.85. The molecule has 1 aliphatic carbocycles. The van der Waals surface area contributed by atoms with Gasteiger partial charge in [0.25, 0.3) is 0 Å². The van der Waals surface area contributed by atoms with Crippen LogP contribution in [0.4, 0.5) is 0 Å². The third-order valence-corrected chi connectivity index (χ3v) is 3.32. The van der Waals surface area contributed by atoms with Crippen molar-refractivity contribution in [3.05, 3.63) is 35.4 Å². The van der Waals surface area contributed by atoms with Gasteiger partial charge in [0, 0.05) is 5.56 Å². The molecule has 1 saturated carbocycles. The summed E-state index contributed by atoms with van der Waals surface area (Å²) in [6.07, 6.45) is 6.27. The van der Waals surface area contributed by atoms with Crippen molar-refractivity contribution < 1.29 is 10.4 Å². The molecule has 1 fully saturated rings. The molecular weight excluding hydrogens is 216 g/mol. The van der Waals surface area contributed by atoms with E-state index >= 15 is 0 Å². The molecule has 2 N–H and O–H groups in total.